The van der Waals surface area contributed by atoms with Gasteiger partial charge in [0.25, 0.3) is 0 Å². The van der Waals surface area contributed by atoms with Crippen LogP contribution in [-0.2, 0) is 12.8 Å². The van der Waals surface area contributed by atoms with Crippen molar-refractivity contribution in [2.75, 3.05) is 0 Å². The lowest BCUT2D eigenvalue weighted by molar-refractivity contribution is 0.139. The van der Waals surface area contributed by atoms with Crippen LogP contribution in [0.15, 0.2) is 47.1 Å². The molecule has 1 fully saturated rings. The van der Waals surface area contributed by atoms with Gasteiger partial charge in [-0.25, -0.2) is 4.98 Å². The quantitative estimate of drug-likeness (QED) is 0.649. The summed E-state index contributed by atoms with van der Waals surface area (Å²) in [7, 11) is 0. The fourth-order valence-corrected chi connectivity index (χ4v) is 4.95. The van der Waals surface area contributed by atoms with Crippen LogP contribution in [0, 0.1) is 0 Å². The molecule has 5 rings (SSSR count). The van der Waals surface area contributed by atoms with Crippen molar-refractivity contribution in [2.24, 2.45) is 5.73 Å². The molecule has 0 saturated heterocycles. The summed E-state index contributed by atoms with van der Waals surface area (Å²) in [6.07, 6.45) is 7.64. The first kappa shape index (κ1) is 18.8. The van der Waals surface area contributed by atoms with Gasteiger partial charge in [-0.05, 0) is 61.9 Å². The van der Waals surface area contributed by atoms with E-state index in [1.807, 2.05) is 18.2 Å². The monoisotopic (exact) mass is 453 g/mol. The minimum atomic E-state index is 0.0591. The Balaban J connectivity index is 1.38. The summed E-state index contributed by atoms with van der Waals surface area (Å²) in [4.78, 5) is 4.28. The Kier molecular flexibility index (Phi) is 5.09. The van der Waals surface area contributed by atoms with Crippen LogP contribution in [0.4, 0.5) is 0 Å². The minimum absolute atomic E-state index is 0.0591. The van der Waals surface area contributed by atoms with Crippen LogP contribution in [-0.4, -0.2) is 31.9 Å². The third-order valence-electron chi connectivity index (χ3n) is 5.93. The van der Waals surface area contributed by atoms with E-state index in [-0.39, 0.29) is 12.1 Å². The molecular formula is C22H24BrN5O. The van der Waals surface area contributed by atoms with Crippen LogP contribution in [0.1, 0.15) is 48.8 Å². The summed E-state index contributed by atoms with van der Waals surface area (Å²) in [5.74, 6) is 3.13. The number of ether oxygens (including phenoxy) is 1. The summed E-state index contributed by atoms with van der Waals surface area (Å²) in [6.45, 7) is 0. The van der Waals surface area contributed by atoms with E-state index in [0.29, 0.717) is 11.8 Å². The molecule has 2 N–H and O–H groups in total. The molecule has 1 aliphatic carbocycles. The van der Waals surface area contributed by atoms with E-state index in [2.05, 4.69) is 53.9 Å². The molecule has 1 atom stereocenters. The Bertz CT molecular complexity index is 998. The molecule has 3 heterocycles. The zero-order valence-electron chi connectivity index (χ0n) is 16.2. The predicted octanol–water partition coefficient (Wildman–Crippen LogP) is 3.96. The smallest absolute Gasteiger partial charge is 0.213 e. The molecule has 2 aliphatic rings. The molecule has 1 aliphatic heterocycles. The molecular weight excluding hydrogens is 430 g/mol. The zero-order valence-corrected chi connectivity index (χ0v) is 17.8. The van der Waals surface area contributed by atoms with Crippen molar-refractivity contribution in [3.63, 3.8) is 0 Å². The molecule has 0 amide bonds. The molecule has 0 spiro atoms. The molecule has 6 nitrogen and oxygen atoms in total. The topological polar surface area (TPSA) is 78.9 Å². The van der Waals surface area contributed by atoms with E-state index in [1.54, 1.807) is 6.20 Å². The number of nitrogens with two attached hydrogens (primary N) is 1. The molecule has 3 aromatic rings. The van der Waals surface area contributed by atoms with Crippen molar-refractivity contribution in [1.82, 2.24) is 19.7 Å². The lowest BCUT2D eigenvalue weighted by Gasteiger charge is -2.28. The molecule has 7 heteroatoms. The van der Waals surface area contributed by atoms with Gasteiger partial charge in [0.2, 0.25) is 5.88 Å². The SMILES string of the molecule is NC1Cc2cc(Br)ccc2-n2c(nnc2C2CCC(Oc3ccccn3)CC2)C1. The first-order chi connectivity index (χ1) is 14.2. The van der Waals surface area contributed by atoms with Crippen molar-refractivity contribution < 1.29 is 4.74 Å². The van der Waals surface area contributed by atoms with Crippen LogP contribution in [0.5, 0.6) is 5.88 Å². The molecule has 1 saturated carbocycles. The van der Waals surface area contributed by atoms with Gasteiger partial charge in [-0.15, -0.1) is 10.2 Å². The Labute approximate surface area is 178 Å². The Morgan fingerprint density at radius 1 is 1.03 bits per heavy atom. The van der Waals surface area contributed by atoms with E-state index in [1.165, 1.54) is 11.3 Å². The van der Waals surface area contributed by atoms with Crippen molar-refractivity contribution in [1.29, 1.82) is 0 Å². The number of nitrogens with zero attached hydrogens (tertiary/aromatic N) is 4. The highest BCUT2D eigenvalue weighted by Gasteiger charge is 2.31. The van der Waals surface area contributed by atoms with Crippen molar-refractivity contribution in [2.45, 2.75) is 56.6 Å². The average Bonchev–Trinajstić information content (AvgIpc) is 3.06. The maximum absolute atomic E-state index is 6.37. The van der Waals surface area contributed by atoms with Gasteiger partial charge in [-0.1, -0.05) is 22.0 Å². The van der Waals surface area contributed by atoms with Crippen LogP contribution in [0.2, 0.25) is 0 Å². The molecule has 0 bridgehead atoms. The highest BCUT2D eigenvalue weighted by Crippen LogP contribution is 2.36. The van der Waals surface area contributed by atoms with E-state index in [4.69, 9.17) is 10.5 Å². The van der Waals surface area contributed by atoms with Crippen molar-refractivity contribution in [3.05, 3.63) is 64.3 Å². The largest absolute Gasteiger partial charge is 0.474 e. The molecule has 2 aromatic heterocycles. The standard InChI is InChI=1S/C22H24BrN5O/c23-16-6-9-19-15(11-16)12-17(24)13-20-26-27-22(28(19)20)14-4-7-18(8-5-14)29-21-3-1-2-10-25-21/h1-3,6,9-11,14,17-18H,4-5,7-8,12-13,24H2. The second-order valence-corrected chi connectivity index (χ2v) is 8.93. The molecule has 1 unspecified atom stereocenters. The first-order valence-corrected chi connectivity index (χ1v) is 11.0. The average molecular weight is 454 g/mol. The third-order valence-corrected chi connectivity index (χ3v) is 6.42. The van der Waals surface area contributed by atoms with E-state index >= 15 is 0 Å². The first-order valence-electron chi connectivity index (χ1n) is 10.2. The third kappa shape index (κ3) is 3.81. The van der Waals surface area contributed by atoms with E-state index in [9.17, 15) is 0 Å². The number of halogens is 1. The zero-order chi connectivity index (χ0) is 19.8. The summed E-state index contributed by atoms with van der Waals surface area (Å²) in [5, 5.41) is 9.15. The summed E-state index contributed by atoms with van der Waals surface area (Å²) in [5.41, 5.74) is 8.79. The van der Waals surface area contributed by atoms with E-state index in [0.717, 1.165) is 54.6 Å². The van der Waals surface area contributed by atoms with Gasteiger partial charge >= 0.3 is 0 Å². The van der Waals surface area contributed by atoms with Crippen LogP contribution in [0.3, 0.4) is 0 Å². The second kappa shape index (κ2) is 7.88. The van der Waals surface area contributed by atoms with Gasteiger partial charge in [0, 0.05) is 35.1 Å². The number of fused-ring (bicyclic) bond motifs is 3. The maximum atomic E-state index is 6.37. The maximum Gasteiger partial charge on any atom is 0.213 e. The Morgan fingerprint density at radius 2 is 1.90 bits per heavy atom. The summed E-state index contributed by atoms with van der Waals surface area (Å²) in [6, 6.07) is 12.3. The number of aromatic nitrogens is 4. The van der Waals surface area contributed by atoms with Crippen LogP contribution < -0.4 is 10.5 Å². The highest BCUT2D eigenvalue weighted by molar-refractivity contribution is 9.10. The fraction of sp³-hybridized carbons (Fsp3) is 0.409. The molecule has 150 valence electrons. The number of hydrogen-bond acceptors (Lipinski definition) is 5. The Morgan fingerprint density at radius 3 is 2.69 bits per heavy atom. The lowest BCUT2D eigenvalue weighted by atomic mass is 9.86. The number of benzene rings is 1. The highest BCUT2D eigenvalue weighted by atomic mass is 79.9. The molecule has 0 radical (unpaired) electrons. The van der Waals surface area contributed by atoms with Crippen molar-refractivity contribution in [3.8, 4) is 11.6 Å². The normalized spacial score (nSPS) is 23.7. The summed E-state index contributed by atoms with van der Waals surface area (Å²) >= 11 is 3.60. The minimum Gasteiger partial charge on any atom is -0.474 e. The predicted molar refractivity (Wildman–Crippen MR) is 114 cm³/mol. The molecule has 29 heavy (non-hydrogen) atoms. The number of pyridine rings is 1. The molecule has 1 aromatic carbocycles. The lowest BCUT2D eigenvalue weighted by Crippen LogP contribution is -2.25. The van der Waals surface area contributed by atoms with Gasteiger partial charge in [0.05, 0.1) is 5.69 Å². The fourth-order valence-electron chi connectivity index (χ4n) is 4.54. The summed E-state index contributed by atoms with van der Waals surface area (Å²) < 4.78 is 9.40. The second-order valence-electron chi connectivity index (χ2n) is 8.01. The number of hydrogen-bond donors (Lipinski definition) is 1. The number of rotatable bonds is 3. The van der Waals surface area contributed by atoms with Gasteiger partial charge in [-0.2, -0.15) is 0 Å². The van der Waals surface area contributed by atoms with Crippen molar-refractivity contribution >= 4 is 15.9 Å². The van der Waals surface area contributed by atoms with Gasteiger partial charge < -0.3 is 10.5 Å². The van der Waals surface area contributed by atoms with Crippen LogP contribution in [0.25, 0.3) is 5.69 Å². The van der Waals surface area contributed by atoms with Gasteiger partial charge in [0.1, 0.15) is 17.8 Å². The van der Waals surface area contributed by atoms with Gasteiger partial charge in [0.15, 0.2) is 0 Å². The van der Waals surface area contributed by atoms with Gasteiger partial charge in [-0.3, -0.25) is 4.57 Å². The van der Waals surface area contributed by atoms with Crippen LogP contribution >= 0.6 is 15.9 Å². The Hall–Kier alpha value is -2.25. The van der Waals surface area contributed by atoms with E-state index < -0.39 is 0 Å².